The summed E-state index contributed by atoms with van der Waals surface area (Å²) in [5, 5.41) is 8.73. The lowest BCUT2D eigenvalue weighted by Gasteiger charge is -2.04. The minimum atomic E-state index is -0.538. The molecule has 0 spiro atoms. The molecular formula is C18H20FN3. The quantitative estimate of drug-likeness (QED) is 0.698. The molecule has 2 rings (SSSR count). The molecule has 0 atom stereocenters. The van der Waals surface area contributed by atoms with Gasteiger partial charge in [-0.05, 0) is 36.6 Å². The van der Waals surface area contributed by atoms with Crippen molar-refractivity contribution in [3.8, 4) is 17.5 Å². The maximum atomic E-state index is 13.6. The summed E-state index contributed by atoms with van der Waals surface area (Å²) >= 11 is 0. The fourth-order valence-corrected chi connectivity index (χ4v) is 2.31. The van der Waals surface area contributed by atoms with Crippen LogP contribution >= 0.6 is 0 Å². The highest BCUT2D eigenvalue weighted by molar-refractivity contribution is 5.56. The lowest BCUT2D eigenvalue weighted by molar-refractivity contribution is 0.624. The number of halogens is 1. The minimum absolute atomic E-state index is 0.0347. The zero-order valence-electron chi connectivity index (χ0n) is 12.8. The molecule has 0 fully saturated rings. The molecule has 0 bridgehead atoms. The highest BCUT2D eigenvalue weighted by atomic mass is 19.1. The molecular weight excluding hydrogens is 277 g/mol. The Hall–Kier alpha value is -2.28. The van der Waals surface area contributed by atoms with Gasteiger partial charge in [0.15, 0.2) is 5.82 Å². The van der Waals surface area contributed by atoms with Gasteiger partial charge in [-0.25, -0.2) is 14.4 Å². The van der Waals surface area contributed by atoms with Crippen molar-refractivity contribution >= 4 is 0 Å². The standard InChI is InChI=1S/C18H20FN3/c1-2-3-4-5-6-7-14-12-21-18(22-13-14)15-8-9-16(11-20)17(19)10-15/h8-10,12-13H,2-7H2,1H3. The van der Waals surface area contributed by atoms with Crippen LogP contribution in [0.2, 0.25) is 0 Å². The molecule has 4 heteroatoms. The maximum Gasteiger partial charge on any atom is 0.159 e. The van der Waals surface area contributed by atoms with Crippen LogP contribution in [0.25, 0.3) is 11.4 Å². The fraction of sp³-hybridized carbons (Fsp3) is 0.389. The average molecular weight is 297 g/mol. The first-order chi connectivity index (χ1) is 10.7. The summed E-state index contributed by atoms with van der Waals surface area (Å²) in [4.78, 5) is 8.60. The lowest BCUT2D eigenvalue weighted by Crippen LogP contribution is -1.94. The van der Waals surface area contributed by atoms with Crippen molar-refractivity contribution in [2.75, 3.05) is 0 Å². The van der Waals surface area contributed by atoms with Crippen LogP contribution in [0.15, 0.2) is 30.6 Å². The third-order valence-electron chi connectivity index (χ3n) is 3.62. The van der Waals surface area contributed by atoms with E-state index in [-0.39, 0.29) is 5.56 Å². The summed E-state index contributed by atoms with van der Waals surface area (Å²) in [5.74, 6) is -0.0540. The molecule has 0 N–H and O–H groups in total. The highest BCUT2D eigenvalue weighted by Crippen LogP contribution is 2.18. The number of nitrogens with zero attached hydrogens (tertiary/aromatic N) is 3. The van der Waals surface area contributed by atoms with Gasteiger partial charge in [0.05, 0.1) is 5.56 Å². The van der Waals surface area contributed by atoms with Crippen LogP contribution in [-0.4, -0.2) is 9.97 Å². The molecule has 0 aliphatic rings. The number of rotatable bonds is 7. The third kappa shape index (κ3) is 4.36. The molecule has 0 aliphatic heterocycles. The first-order valence-electron chi connectivity index (χ1n) is 7.75. The summed E-state index contributed by atoms with van der Waals surface area (Å²) < 4.78 is 13.6. The van der Waals surface area contributed by atoms with Crippen molar-refractivity contribution < 1.29 is 4.39 Å². The van der Waals surface area contributed by atoms with Crippen molar-refractivity contribution in [2.24, 2.45) is 0 Å². The third-order valence-corrected chi connectivity index (χ3v) is 3.62. The highest BCUT2D eigenvalue weighted by Gasteiger charge is 2.06. The van der Waals surface area contributed by atoms with E-state index in [2.05, 4.69) is 16.9 Å². The van der Waals surface area contributed by atoms with E-state index in [1.807, 2.05) is 0 Å². The number of aromatic nitrogens is 2. The Morgan fingerprint density at radius 1 is 1.09 bits per heavy atom. The van der Waals surface area contributed by atoms with Gasteiger partial charge in [0, 0.05) is 18.0 Å². The molecule has 0 saturated carbocycles. The summed E-state index contributed by atoms with van der Waals surface area (Å²) in [6.45, 7) is 2.21. The zero-order chi connectivity index (χ0) is 15.8. The largest absolute Gasteiger partial charge is 0.236 e. The van der Waals surface area contributed by atoms with Gasteiger partial charge >= 0.3 is 0 Å². The van der Waals surface area contributed by atoms with E-state index in [0.29, 0.717) is 11.4 Å². The van der Waals surface area contributed by atoms with E-state index in [4.69, 9.17) is 5.26 Å². The molecule has 22 heavy (non-hydrogen) atoms. The van der Waals surface area contributed by atoms with Crippen molar-refractivity contribution in [1.29, 1.82) is 5.26 Å². The Kier molecular flexibility index (Phi) is 6.02. The minimum Gasteiger partial charge on any atom is -0.236 e. The summed E-state index contributed by atoms with van der Waals surface area (Å²) in [6.07, 6.45) is 10.8. The second-order valence-corrected chi connectivity index (χ2v) is 5.39. The molecule has 1 heterocycles. The zero-order valence-corrected chi connectivity index (χ0v) is 12.8. The van der Waals surface area contributed by atoms with E-state index in [1.165, 1.54) is 37.8 Å². The van der Waals surface area contributed by atoms with Crippen LogP contribution in [0.3, 0.4) is 0 Å². The molecule has 3 nitrogen and oxygen atoms in total. The van der Waals surface area contributed by atoms with Crippen molar-refractivity contribution in [3.05, 3.63) is 47.5 Å². The van der Waals surface area contributed by atoms with Crippen molar-refractivity contribution in [2.45, 2.75) is 45.4 Å². The average Bonchev–Trinajstić information content (AvgIpc) is 2.55. The molecule has 114 valence electrons. The number of aryl methyl sites for hydroxylation is 1. The van der Waals surface area contributed by atoms with Gasteiger partial charge in [-0.15, -0.1) is 0 Å². The number of nitriles is 1. The molecule has 2 aromatic rings. The Morgan fingerprint density at radius 3 is 2.45 bits per heavy atom. The molecule has 0 unspecified atom stereocenters. The van der Waals surface area contributed by atoms with Crippen LogP contribution in [0.1, 0.15) is 50.2 Å². The molecule has 1 aromatic heterocycles. The fourth-order valence-electron chi connectivity index (χ4n) is 2.31. The normalized spacial score (nSPS) is 10.4. The van der Waals surface area contributed by atoms with E-state index >= 15 is 0 Å². The van der Waals surface area contributed by atoms with Crippen LogP contribution in [-0.2, 0) is 6.42 Å². The Morgan fingerprint density at radius 2 is 1.82 bits per heavy atom. The number of benzene rings is 1. The van der Waals surface area contributed by atoms with Gasteiger partial charge in [0.1, 0.15) is 11.9 Å². The smallest absolute Gasteiger partial charge is 0.159 e. The Bertz CT molecular complexity index is 644. The Labute approximate surface area is 130 Å². The molecule has 1 aromatic carbocycles. The maximum absolute atomic E-state index is 13.6. The first kappa shape index (κ1) is 16.1. The number of hydrogen-bond donors (Lipinski definition) is 0. The second kappa shape index (κ2) is 8.23. The molecule has 0 radical (unpaired) electrons. The predicted octanol–water partition coefficient (Wildman–Crippen LogP) is 4.67. The van der Waals surface area contributed by atoms with Crippen LogP contribution in [0.4, 0.5) is 4.39 Å². The molecule has 0 saturated heterocycles. The van der Waals surface area contributed by atoms with Gasteiger partial charge in [0.25, 0.3) is 0 Å². The summed E-state index contributed by atoms with van der Waals surface area (Å²) in [7, 11) is 0. The molecule has 0 amide bonds. The van der Waals surface area contributed by atoms with Gasteiger partial charge < -0.3 is 0 Å². The van der Waals surface area contributed by atoms with Gasteiger partial charge in [0.2, 0.25) is 0 Å². The van der Waals surface area contributed by atoms with Crippen LogP contribution in [0, 0.1) is 17.1 Å². The van der Waals surface area contributed by atoms with Gasteiger partial charge in [-0.1, -0.05) is 32.6 Å². The second-order valence-electron chi connectivity index (χ2n) is 5.39. The first-order valence-corrected chi connectivity index (χ1v) is 7.75. The number of unbranched alkanes of at least 4 members (excludes halogenated alkanes) is 4. The summed E-state index contributed by atoms with van der Waals surface area (Å²) in [5.41, 5.74) is 1.73. The van der Waals surface area contributed by atoms with E-state index in [1.54, 1.807) is 24.5 Å². The van der Waals surface area contributed by atoms with Gasteiger partial charge in [-0.3, -0.25) is 0 Å². The van der Waals surface area contributed by atoms with Crippen LogP contribution in [0.5, 0.6) is 0 Å². The van der Waals surface area contributed by atoms with Crippen LogP contribution < -0.4 is 0 Å². The summed E-state index contributed by atoms with van der Waals surface area (Å²) in [6, 6.07) is 6.23. The van der Waals surface area contributed by atoms with E-state index in [0.717, 1.165) is 18.4 Å². The predicted molar refractivity (Wildman–Crippen MR) is 84.6 cm³/mol. The molecule has 0 aliphatic carbocycles. The SMILES string of the molecule is CCCCCCCc1cnc(-c2ccc(C#N)c(F)c2)nc1. The monoisotopic (exact) mass is 297 g/mol. The topological polar surface area (TPSA) is 49.6 Å². The lowest BCUT2D eigenvalue weighted by atomic mass is 10.1. The van der Waals surface area contributed by atoms with Gasteiger partial charge in [-0.2, -0.15) is 5.26 Å². The van der Waals surface area contributed by atoms with E-state index < -0.39 is 5.82 Å². The number of hydrogen-bond acceptors (Lipinski definition) is 3. The van der Waals surface area contributed by atoms with E-state index in [9.17, 15) is 4.39 Å². The van der Waals surface area contributed by atoms with Crippen molar-refractivity contribution in [1.82, 2.24) is 9.97 Å². The van der Waals surface area contributed by atoms with Crippen molar-refractivity contribution in [3.63, 3.8) is 0 Å². The Balaban J connectivity index is 1.97.